The Bertz CT molecular complexity index is 237. The molecule has 0 radical (unpaired) electrons. The fourth-order valence-corrected chi connectivity index (χ4v) is 1.64. The topological polar surface area (TPSA) is 20.2 Å². The van der Waals surface area contributed by atoms with Crippen LogP contribution >= 0.6 is 38.5 Å². The minimum Gasteiger partial charge on any atom is -0.508 e. The van der Waals surface area contributed by atoms with E-state index in [0.29, 0.717) is 5.75 Å². The van der Waals surface area contributed by atoms with Gasteiger partial charge in [0.25, 0.3) is 0 Å². The summed E-state index contributed by atoms with van der Waals surface area (Å²) in [6, 6.07) is 5.54. The van der Waals surface area contributed by atoms with Gasteiger partial charge >= 0.3 is 0 Å². The van der Waals surface area contributed by atoms with Gasteiger partial charge in [-0.25, -0.2) is 0 Å². The zero-order valence-electron chi connectivity index (χ0n) is 5.14. The van der Waals surface area contributed by atoms with Crippen LogP contribution in [-0.2, 0) is 4.43 Å². The molecule has 0 aliphatic heterocycles. The zero-order chi connectivity index (χ0) is 7.56. The molecule has 1 aromatic carbocycles. The Labute approximate surface area is 81.7 Å². The largest absolute Gasteiger partial charge is 0.508 e. The standard InChI is InChI=1S/C7H6BrIO/c8-6-2-1-5(4-9)7(10)3-6/h1-3,10H,4H2. The molecule has 0 saturated heterocycles. The van der Waals surface area contributed by atoms with Gasteiger partial charge in [0.15, 0.2) is 0 Å². The maximum Gasteiger partial charge on any atom is 0.120 e. The minimum absolute atomic E-state index is 0.365. The summed E-state index contributed by atoms with van der Waals surface area (Å²) in [5, 5.41) is 9.26. The molecule has 0 atom stereocenters. The lowest BCUT2D eigenvalue weighted by molar-refractivity contribution is 0.470. The van der Waals surface area contributed by atoms with Gasteiger partial charge in [-0.1, -0.05) is 44.6 Å². The van der Waals surface area contributed by atoms with Crippen LogP contribution in [0.15, 0.2) is 22.7 Å². The Hall–Kier alpha value is 0.230. The molecule has 0 heterocycles. The van der Waals surface area contributed by atoms with E-state index in [1.54, 1.807) is 6.07 Å². The van der Waals surface area contributed by atoms with Gasteiger partial charge < -0.3 is 5.11 Å². The predicted octanol–water partition coefficient (Wildman–Crippen LogP) is 3.09. The van der Waals surface area contributed by atoms with Crippen molar-refractivity contribution in [3.8, 4) is 5.75 Å². The smallest absolute Gasteiger partial charge is 0.120 e. The number of rotatable bonds is 1. The van der Waals surface area contributed by atoms with E-state index in [4.69, 9.17) is 0 Å². The predicted molar refractivity (Wildman–Crippen MR) is 53.5 cm³/mol. The number of halogens is 2. The highest BCUT2D eigenvalue weighted by atomic mass is 127. The first-order valence-electron chi connectivity index (χ1n) is 2.77. The molecule has 10 heavy (non-hydrogen) atoms. The van der Waals surface area contributed by atoms with Crippen molar-refractivity contribution in [2.75, 3.05) is 0 Å². The summed E-state index contributed by atoms with van der Waals surface area (Å²) in [6.45, 7) is 0. The minimum atomic E-state index is 0.365. The quantitative estimate of drug-likeness (QED) is 0.624. The summed E-state index contributed by atoms with van der Waals surface area (Å²) in [5.41, 5.74) is 0.976. The molecule has 0 spiro atoms. The third-order valence-corrected chi connectivity index (χ3v) is 2.51. The highest BCUT2D eigenvalue weighted by molar-refractivity contribution is 14.1. The molecule has 1 rings (SSSR count). The summed E-state index contributed by atoms with van der Waals surface area (Å²) >= 11 is 5.48. The van der Waals surface area contributed by atoms with Gasteiger partial charge in [-0.15, -0.1) is 0 Å². The van der Waals surface area contributed by atoms with Crippen LogP contribution in [0.5, 0.6) is 5.75 Å². The van der Waals surface area contributed by atoms with Crippen LogP contribution < -0.4 is 0 Å². The van der Waals surface area contributed by atoms with Crippen LogP contribution in [0.2, 0.25) is 0 Å². The summed E-state index contributed by atoms with van der Waals surface area (Å²) in [7, 11) is 0. The van der Waals surface area contributed by atoms with E-state index >= 15 is 0 Å². The molecule has 0 bridgehead atoms. The fraction of sp³-hybridized carbons (Fsp3) is 0.143. The number of aromatic hydroxyl groups is 1. The molecular weight excluding hydrogens is 307 g/mol. The second-order valence-electron chi connectivity index (χ2n) is 1.91. The molecule has 0 fully saturated rings. The first-order chi connectivity index (χ1) is 4.74. The average molecular weight is 313 g/mol. The molecule has 1 nitrogen and oxygen atoms in total. The zero-order valence-corrected chi connectivity index (χ0v) is 8.89. The summed E-state index contributed by atoms with van der Waals surface area (Å²) in [5.74, 6) is 0.365. The van der Waals surface area contributed by atoms with E-state index in [0.717, 1.165) is 14.5 Å². The molecular formula is C7H6BrIO. The van der Waals surface area contributed by atoms with Gasteiger partial charge in [0, 0.05) is 14.5 Å². The molecule has 0 aliphatic carbocycles. The molecule has 1 aromatic rings. The second kappa shape index (κ2) is 3.57. The van der Waals surface area contributed by atoms with Gasteiger partial charge in [-0.2, -0.15) is 0 Å². The van der Waals surface area contributed by atoms with Crippen LogP contribution in [0.1, 0.15) is 5.56 Å². The van der Waals surface area contributed by atoms with Crippen LogP contribution in [0.4, 0.5) is 0 Å². The highest BCUT2D eigenvalue weighted by Gasteiger charge is 1.97. The lowest BCUT2D eigenvalue weighted by Crippen LogP contribution is -1.77. The van der Waals surface area contributed by atoms with Crippen molar-refractivity contribution in [3.05, 3.63) is 28.2 Å². The maximum absolute atomic E-state index is 9.26. The Kier molecular flexibility index (Phi) is 2.97. The Morgan fingerprint density at radius 3 is 2.70 bits per heavy atom. The van der Waals surface area contributed by atoms with E-state index in [2.05, 4.69) is 38.5 Å². The lowest BCUT2D eigenvalue weighted by Gasteiger charge is -1.99. The third-order valence-electron chi connectivity index (χ3n) is 1.19. The van der Waals surface area contributed by atoms with Crippen LogP contribution in [0, 0.1) is 0 Å². The average Bonchev–Trinajstić information content (AvgIpc) is 1.88. The molecule has 0 aromatic heterocycles. The van der Waals surface area contributed by atoms with E-state index in [-0.39, 0.29) is 0 Å². The van der Waals surface area contributed by atoms with Gasteiger partial charge in [0.2, 0.25) is 0 Å². The molecule has 0 saturated carbocycles. The van der Waals surface area contributed by atoms with E-state index in [9.17, 15) is 5.11 Å². The van der Waals surface area contributed by atoms with Crippen molar-refractivity contribution in [2.24, 2.45) is 0 Å². The number of alkyl halides is 1. The van der Waals surface area contributed by atoms with Crippen LogP contribution in [-0.4, -0.2) is 5.11 Å². The summed E-state index contributed by atoms with van der Waals surface area (Å²) < 4.78 is 1.76. The van der Waals surface area contributed by atoms with Crippen molar-refractivity contribution < 1.29 is 5.11 Å². The SMILES string of the molecule is Oc1cc(Br)ccc1CI. The lowest BCUT2D eigenvalue weighted by atomic mass is 10.2. The number of phenols is 1. The van der Waals surface area contributed by atoms with E-state index in [1.807, 2.05) is 12.1 Å². The Balaban J connectivity index is 3.07. The fourth-order valence-electron chi connectivity index (χ4n) is 0.650. The van der Waals surface area contributed by atoms with Crippen molar-refractivity contribution in [2.45, 2.75) is 4.43 Å². The van der Waals surface area contributed by atoms with E-state index in [1.165, 1.54) is 0 Å². The first kappa shape index (κ1) is 8.33. The summed E-state index contributed by atoms with van der Waals surface area (Å²) in [4.78, 5) is 0. The number of phenolic OH excluding ortho intramolecular Hbond substituents is 1. The van der Waals surface area contributed by atoms with Crippen LogP contribution in [0.25, 0.3) is 0 Å². The highest BCUT2D eigenvalue weighted by Crippen LogP contribution is 2.23. The molecule has 0 amide bonds. The Morgan fingerprint density at radius 1 is 1.50 bits per heavy atom. The molecule has 54 valence electrons. The van der Waals surface area contributed by atoms with Crippen molar-refractivity contribution in [1.29, 1.82) is 0 Å². The van der Waals surface area contributed by atoms with Gasteiger partial charge in [0.05, 0.1) is 0 Å². The Morgan fingerprint density at radius 2 is 2.20 bits per heavy atom. The summed E-state index contributed by atoms with van der Waals surface area (Å²) in [6.07, 6.45) is 0. The van der Waals surface area contributed by atoms with Gasteiger partial charge in [-0.3, -0.25) is 0 Å². The molecule has 0 unspecified atom stereocenters. The number of benzene rings is 1. The second-order valence-corrected chi connectivity index (χ2v) is 3.59. The third kappa shape index (κ3) is 1.85. The monoisotopic (exact) mass is 312 g/mol. The molecule has 1 N–H and O–H groups in total. The maximum atomic E-state index is 9.26. The van der Waals surface area contributed by atoms with E-state index < -0.39 is 0 Å². The molecule has 0 aliphatic rings. The van der Waals surface area contributed by atoms with Crippen molar-refractivity contribution in [1.82, 2.24) is 0 Å². The molecule has 3 heteroatoms. The number of hydrogen-bond donors (Lipinski definition) is 1. The first-order valence-corrected chi connectivity index (χ1v) is 5.09. The number of hydrogen-bond acceptors (Lipinski definition) is 1. The van der Waals surface area contributed by atoms with Gasteiger partial charge in [-0.05, 0) is 12.1 Å². The van der Waals surface area contributed by atoms with Gasteiger partial charge in [0.1, 0.15) is 5.75 Å². The van der Waals surface area contributed by atoms with Crippen molar-refractivity contribution in [3.63, 3.8) is 0 Å². The van der Waals surface area contributed by atoms with Crippen LogP contribution in [0.3, 0.4) is 0 Å². The van der Waals surface area contributed by atoms with Crippen molar-refractivity contribution >= 4 is 38.5 Å². The normalized spacial score (nSPS) is 9.80.